The van der Waals surface area contributed by atoms with Gasteiger partial charge in [0.15, 0.2) is 0 Å². The Labute approximate surface area is 114 Å². The van der Waals surface area contributed by atoms with Crippen LogP contribution in [0.4, 0.5) is 5.69 Å². The molecule has 0 radical (unpaired) electrons. The van der Waals surface area contributed by atoms with Crippen molar-refractivity contribution < 1.29 is 4.92 Å². The average Bonchev–Trinajstić information content (AvgIpc) is 3.22. The van der Waals surface area contributed by atoms with Crippen LogP contribution in [-0.4, -0.2) is 11.0 Å². The van der Waals surface area contributed by atoms with Crippen LogP contribution in [0.15, 0.2) is 24.3 Å². The van der Waals surface area contributed by atoms with Gasteiger partial charge in [-0.05, 0) is 37.7 Å². The fraction of sp³-hybridized carbons (Fsp3) is 0.600. The molecular formula is C15H22N2O2. The molecule has 0 heterocycles. The number of nitrogens with one attached hydrogen (secondary N) is 1. The van der Waals surface area contributed by atoms with Crippen LogP contribution in [-0.2, 0) is 0 Å². The molecular weight excluding hydrogens is 240 g/mol. The van der Waals surface area contributed by atoms with Crippen LogP contribution in [0.1, 0.15) is 51.1 Å². The molecule has 4 heteroatoms. The number of non-ortho nitro benzene ring substituents is 1. The van der Waals surface area contributed by atoms with Gasteiger partial charge in [0.2, 0.25) is 0 Å². The summed E-state index contributed by atoms with van der Waals surface area (Å²) < 4.78 is 0. The predicted molar refractivity (Wildman–Crippen MR) is 76.1 cm³/mol. The van der Waals surface area contributed by atoms with Gasteiger partial charge in [-0.1, -0.05) is 25.5 Å². The van der Waals surface area contributed by atoms with Gasteiger partial charge in [-0.3, -0.25) is 10.1 Å². The number of nitrogens with zero attached hydrogens (tertiary/aromatic N) is 1. The molecule has 2 unspecified atom stereocenters. The van der Waals surface area contributed by atoms with Gasteiger partial charge in [0.1, 0.15) is 0 Å². The summed E-state index contributed by atoms with van der Waals surface area (Å²) in [6, 6.07) is 7.74. The van der Waals surface area contributed by atoms with Crippen LogP contribution in [0.2, 0.25) is 0 Å². The highest BCUT2D eigenvalue weighted by atomic mass is 16.6. The van der Waals surface area contributed by atoms with Crippen molar-refractivity contribution in [2.75, 3.05) is 0 Å². The highest BCUT2D eigenvalue weighted by Gasteiger charge is 2.29. The maximum atomic E-state index is 10.9. The van der Waals surface area contributed by atoms with Gasteiger partial charge in [0.25, 0.3) is 5.69 Å². The van der Waals surface area contributed by atoms with Crippen LogP contribution in [0.5, 0.6) is 0 Å². The van der Waals surface area contributed by atoms with Crippen LogP contribution in [0.3, 0.4) is 0 Å². The van der Waals surface area contributed by atoms with Crippen molar-refractivity contribution in [2.24, 2.45) is 5.92 Å². The van der Waals surface area contributed by atoms with E-state index in [-0.39, 0.29) is 16.7 Å². The first-order valence-corrected chi connectivity index (χ1v) is 7.12. The minimum absolute atomic E-state index is 0.180. The highest BCUT2D eigenvalue weighted by molar-refractivity contribution is 5.35. The number of benzene rings is 1. The standard InChI is InChI=1S/C15H22N2O2/c1-3-5-15(16-11(2)12-8-9-12)13-6-4-7-14(10-13)17(18)19/h4,6-7,10-12,15-16H,3,5,8-9H2,1-2H3. The molecule has 0 aliphatic heterocycles. The molecule has 0 aromatic heterocycles. The molecule has 1 aliphatic carbocycles. The van der Waals surface area contributed by atoms with E-state index in [1.54, 1.807) is 18.2 Å². The highest BCUT2D eigenvalue weighted by Crippen LogP contribution is 2.34. The van der Waals surface area contributed by atoms with E-state index in [2.05, 4.69) is 19.2 Å². The van der Waals surface area contributed by atoms with E-state index in [0.29, 0.717) is 6.04 Å². The Balaban J connectivity index is 2.12. The van der Waals surface area contributed by atoms with Crippen LogP contribution in [0.25, 0.3) is 0 Å². The van der Waals surface area contributed by atoms with Crippen molar-refractivity contribution in [3.63, 3.8) is 0 Å². The topological polar surface area (TPSA) is 55.2 Å². The van der Waals surface area contributed by atoms with Crippen molar-refractivity contribution in [3.05, 3.63) is 39.9 Å². The summed E-state index contributed by atoms with van der Waals surface area (Å²) in [5.74, 6) is 0.790. The first-order chi connectivity index (χ1) is 9.11. The summed E-state index contributed by atoms with van der Waals surface area (Å²) in [6.07, 6.45) is 4.69. The second kappa shape index (κ2) is 6.15. The lowest BCUT2D eigenvalue weighted by Gasteiger charge is -2.23. The van der Waals surface area contributed by atoms with E-state index in [1.165, 1.54) is 12.8 Å². The molecule has 0 saturated heterocycles. The first kappa shape index (κ1) is 14.0. The molecule has 0 amide bonds. The number of nitro groups is 1. The van der Waals surface area contributed by atoms with Crippen LogP contribution < -0.4 is 5.32 Å². The second-order valence-corrected chi connectivity index (χ2v) is 5.49. The molecule has 1 aromatic rings. The van der Waals surface area contributed by atoms with Crippen molar-refractivity contribution in [1.29, 1.82) is 0 Å². The SMILES string of the molecule is CCCC(NC(C)C1CC1)c1cccc([N+](=O)[O-])c1. The summed E-state index contributed by atoms with van der Waals surface area (Å²) in [5, 5.41) is 14.5. The molecule has 1 N–H and O–H groups in total. The Kier molecular flexibility index (Phi) is 4.53. The van der Waals surface area contributed by atoms with E-state index in [4.69, 9.17) is 0 Å². The molecule has 1 aliphatic rings. The van der Waals surface area contributed by atoms with E-state index < -0.39 is 0 Å². The summed E-state index contributed by atoms with van der Waals surface area (Å²) in [7, 11) is 0. The Morgan fingerprint density at radius 1 is 1.47 bits per heavy atom. The monoisotopic (exact) mass is 262 g/mol. The van der Waals surface area contributed by atoms with E-state index in [1.807, 2.05) is 6.07 Å². The maximum absolute atomic E-state index is 10.9. The smallest absolute Gasteiger partial charge is 0.269 e. The molecule has 0 spiro atoms. The number of rotatable bonds is 7. The third kappa shape index (κ3) is 3.77. The van der Waals surface area contributed by atoms with Crippen LogP contribution >= 0.6 is 0 Å². The third-order valence-electron chi connectivity index (χ3n) is 3.85. The summed E-state index contributed by atoms with van der Waals surface area (Å²) >= 11 is 0. The van der Waals surface area contributed by atoms with Gasteiger partial charge in [0.05, 0.1) is 4.92 Å². The molecule has 19 heavy (non-hydrogen) atoms. The molecule has 4 nitrogen and oxygen atoms in total. The van der Waals surface area contributed by atoms with Crippen molar-refractivity contribution in [3.8, 4) is 0 Å². The number of hydrogen-bond acceptors (Lipinski definition) is 3. The fourth-order valence-electron chi connectivity index (χ4n) is 2.54. The van der Waals surface area contributed by atoms with Gasteiger partial charge in [-0.2, -0.15) is 0 Å². The summed E-state index contributed by atoms with van der Waals surface area (Å²) in [6.45, 7) is 4.37. The zero-order valence-electron chi connectivity index (χ0n) is 11.6. The van der Waals surface area contributed by atoms with Gasteiger partial charge in [-0.25, -0.2) is 0 Å². The zero-order valence-corrected chi connectivity index (χ0v) is 11.6. The molecule has 2 rings (SSSR count). The van der Waals surface area contributed by atoms with Crippen molar-refractivity contribution in [2.45, 2.75) is 51.6 Å². The first-order valence-electron chi connectivity index (χ1n) is 7.12. The van der Waals surface area contributed by atoms with Gasteiger partial charge in [-0.15, -0.1) is 0 Å². The Morgan fingerprint density at radius 2 is 2.21 bits per heavy atom. The quantitative estimate of drug-likeness (QED) is 0.600. The Hall–Kier alpha value is -1.42. The molecule has 2 atom stereocenters. The van der Waals surface area contributed by atoms with Crippen LogP contribution in [0, 0.1) is 16.0 Å². The second-order valence-electron chi connectivity index (χ2n) is 5.49. The van der Waals surface area contributed by atoms with E-state index in [9.17, 15) is 10.1 Å². The van der Waals surface area contributed by atoms with E-state index >= 15 is 0 Å². The summed E-state index contributed by atoms with van der Waals surface area (Å²) in [4.78, 5) is 10.5. The summed E-state index contributed by atoms with van der Waals surface area (Å²) in [5.41, 5.74) is 1.21. The lowest BCUT2D eigenvalue weighted by atomic mass is 10.00. The fourth-order valence-corrected chi connectivity index (χ4v) is 2.54. The van der Waals surface area contributed by atoms with Crippen molar-refractivity contribution in [1.82, 2.24) is 5.32 Å². The molecule has 1 aromatic carbocycles. The lowest BCUT2D eigenvalue weighted by molar-refractivity contribution is -0.384. The minimum Gasteiger partial charge on any atom is -0.307 e. The van der Waals surface area contributed by atoms with Gasteiger partial charge >= 0.3 is 0 Å². The lowest BCUT2D eigenvalue weighted by Crippen LogP contribution is -2.32. The molecule has 0 bridgehead atoms. The minimum atomic E-state index is -0.323. The predicted octanol–water partition coefficient (Wildman–Crippen LogP) is 3.82. The van der Waals surface area contributed by atoms with Gasteiger partial charge < -0.3 is 5.32 Å². The number of nitro benzene ring substituents is 1. The number of hydrogen-bond donors (Lipinski definition) is 1. The van der Waals surface area contributed by atoms with Gasteiger partial charge in [0, 0.05) is 24.2 Å². The largest absolute Gasteiger partial charge is 0.307 e. The zero-order chi connectivity index (χ0) is 13.8. The Morgan fingerprint density at radius 3 is 2.79 bits per heavy atom. The van der Waals surface area contributed by atoms with E-state index in [0.717, 1.165) is 24.3 Å². The molecule has 104 valence electrons. The molecule has 1 saturated carbocycles. The Bertz CT molecular complexity index is 444. The van der Waals surface area contributed by atoms with Crippen molar-refractivity contribution >= 4 is 5.69 Å². The third-order valence-corrected chi connectivity index (χ3v) is 3.85. The average molecular weight is 262 g/mol. The normalized spacial score (nSPS) is 18.0. The maximum Gasteiger partial charge on any atom is 0.269 e. The molecule has 1 fully saturated rings.